The van der Waals surface area contributed by atoms with Gasteiger partial charge in [-0.3, -0.25) is 4.79 Å². The predicted molar refractivity (Wildman–Crippen MR) is 76.1 cm³/mol. The van der Waals surface area contributed by atoms with Crippen LogP contribution in [0.1, 0.15) is 16.1 Å². The molecule has 0 saturated carbocycles. The highest BCUT2D eigenvalue weighted by atomic mass is 79.9. The van der Waals surface area contributed by atoms with Crippen LogP contribution < -0.4 is 0 Å². The second-order valence-corrected chi connectivity index (χ2v) is 6.06. The van der Waals surface area contributed by atoms with Crippen molar-refractivity contribution in [2.45, 2.75) is 20.3 Å². The molecule has 0 aliphatic heterocycles. The van der Waals surface area contributed by atoms with Gasteiger partial charge in [0.25, 0.3) is 0 Å². The van der Waals surface area contributed by atoms with Crippen LogP contribution in [0.15, 0.2) is 22.7 Å². The van der Waals surface area contributed by atoms with Crippen molar-refractivity contribution in [2.75, 3.05) is 0 Å². The van der Waals surface area contributed by atoms with E-state index >= 15 is 0 Å². The fourth-order valence-electron chi connectivity index (χ4n) is 1.67. The summed E-state index contributed by atoms with van der Waals surface area (Å²) >= 11 is 4.89. The summed E-state index contributed by atoms with van der Waals surface area (Å²) in [4.78, 5) is 16.0. The Bertz CT molecular complexity index is 607. The third kappa shape index (κ3) is 2.79. The molecular formula is C13H12BrNO2S. The SMILES string of the molecule is Cc1ccc(Br)cc1-c1nc(C)c(CC(=O)O)s1. The molecule has 94 valence electrons. The summed E-state index contributed by atoms with van der Waals surface area (Å²) < 4.78 is 0.996. The number of benzene rings is 1. The second kappa shape index (κ2) is 5.20. The van der Waals surface area contributed by atoms with Gasteiger partial charge in [0.2, 0.25) is 0 Å². The Morgan fingerprint density at radius 1 is 1.44 bits per heavy atom. The Kier molecular flexibility index (Phi) is 3.82. The summed E-state index contributed by atoms with van der Waals surface area (Å²) in [6, 6.07) is 6.02. The van der Waals surface area contributed by atoms with Crippen molar-refractivity contribution in [1.82, 2.24) is 4.98 Å². The Morgan fingerprint density at radius 2 is 2.17 bits per heavy atom. The number of hydrogen-bond donors (Lipinski definition) is 1. The normalized spacial score (nSPS) is 10.6. The van der Waals surface area contributed by atoms with E-state index in [1.165, 1.54) is 11.3 Å². The molecule has 2 rings (SSSR count). The molecule has 1 heterocycles. The number of halogens is 1. The smallest absolute Gasteiger partial charge is 0.308 e. The molecule has 0 atom stereocenters. The lowest BCUT2D eigenvalue weighted by molar-refractivity contribution is -0.136. The predicted octanol–water partition coefficient (Wildman–Crippen LogP) is 3.82. The zero-order chi connectivity index (χ0) is 13.3. The largest absolute Gasteiger partial charge is 0.481 e. The van der Waals surface area contributed by atoms with Crippen LogP contribution in [0.5, 0.6) is 0 Å². The first-order chi connectivity index (χ1) is 8.47. The van der Waals surface area contributed by atoms with Crippen molar-refractivity contribution in [1.29, 1.82) is 0 Å². The molecule has 5 heteroatoms. The number of nitrogens with zero attached hydrogens (tertiary/aromatic N) is 1. The number of hydrogen-bond acceptors (Lipinski definition) is 3. The van der Waals surface area contributed by atoms with E-state index in [4.69, 9.17) is 5.11 Å². The average molecular weight is 326 g/mol. The van der Waals surface area contributed by atoms with Crippen molar-refractivity contribution in [2.24, 2.45) is 0 Å². The van der Waals surface area contributed by atoms with E-state index in [9.17, 15) is 4.79 Å². The van der Waals surface area contributed by atoms with Crippen molar-refractivity contribution in [3.05, 3.63) is 38.8 Å². The first-order valence-electron chi connectivity index (χ1n) is 5.42. The molecule has 3 nitrogen and oxygen atoms in total. The first-order valence-corrected chi connectivity index (χ1v) is 7.03. The molecule has 1 N–H and O–H groups in total. The van der Waals surface area contributed by atoms with Crippen LogP contribution in [0.4, 0.5) is 0 Å². The molecule has 0 fully saturated rings. The molecule has 0 unspecified atom stereocenters. The van der Waals surface area contributed by atoms with Crippen LogP contribution in [0.2, 0.25) is 0 Å². The molecule has 0 bridgehead atoms. The first kappa shape index (κ1) is 13.2. The third-order valence-corrected chi connectivity index (χ3v) is 4.32. The summed E-state index contributed by atoms with van der Waals surface area (Å²) in [6.45, 7) is 3.88. The number of aliphatic carboxylic acids is 1. The van der Waals surface area contributed by atoms with Gasteiger partial charge in [-0.1, -0.05) is 22.0 Å². The second-order valence-electron chi connectivity index (χ2n) is 4.06. The maximum Gasteiger partial charge on any atom is 0.308 e. The van der Waals surface area contributed by atoms with Crippen molar-refractivity contribution in [3.63, 3.8) is 0 Å². The van der Waals surface area contributed by atoms with Gasteiger partial charge >= 0.3 is 5.97 Å². The van der Waals surface area contributed by atoms with Crippen LogP contribution in [0.25, 0.3) is 10.6 Å². The standard InChI is InChI=1S/C13H12BrNO2S/c1-7-3-4-9(14)5-10(7)13-15-8(2)11(18-13)6-12(16)17/h3-5H,6H2,1-2H3,(H,16,17). The molecule has 2 aromatic rings. The van der Waals surface area contributed by atoms with Gasteiger partial charge in [-0.05, 0) is 31.5 Å². The van der Waals surface area contributed by atoms with Gasteiger partial charge < -0.3 is 5.11 Å². The number of thiazole rings is 1. The van der Waals surface area contributed by atoms with Crippen LogP contribution in [-0.4, -0.2) is 16.1 Å². The van der Waals surface area contributed by atoms with E-state index in [1.54, 1.807) is 0 Å². The number of aromatic nitrogens is 1. The number of aryl methyl sites for hydroxylation is 2. The maximum absolute atomic E-state index is 10.8. The quantitative estimate of drug-likeness (QED) is 0.933. The molecule has 0 saturated heterocycles. The summed E-state index contributed by atoms with van der Waals surface area (Å²) in [5.41, 5.74) is 2.99. The Morgan fingerprint density at radius 3 is 2.83 bits per heavy atom. The molecule has 1 aromatic heterocycles. The van der Waals surface area contributed by atoms with Gasteiger partial charge in [-0.25, -0.2) is 4.98 Å². The summed E-state index contributed by atoms with van der Waals surface area (Å²) in [5, 5.41) is 9.72. The van der Waals surface area contributed by atoms with Gasteiger partial charge in [0.05, 0.1) is 12.1 Å². The number of rotatable bonds is 3. The zero-order valence-corrected chi connectivity index (χ0v) is 12.4. The van der Waals surface area contributed by atoms with Gasteiger partial charge in [-0.2, -0.15) is 0 Å². The minimum atomic E-state index is -0.820. The lowest BCUT2D eigenvalue weighted by Crippen LogP contribution is -1.99. The Balaban J connectivity index is 2.45. The molecule has 0 aliphatic carbocycles. The van der Waals surface area contributed by atoms with Crippen LogP contribution in [0, 0.1) is 13.8 Å². The van der Waals surface area contributed by atoms with Crippen LogP contribution >= 0.6 is 27.3 Å². The zero-order valence-electron chi connectivity index (χ0n) is 10.0. The Labute approximate surface area is 118 Å². The van der Waals surface area contributed by atoms with E-state index in [-0.39, 0.29) is 6.42 Å². The van der Waals surface area contributed by atoms with E-state index in [1.807, 2.05) is 32.0 Å². The fourth-order valence-corrected chi connectivity index (χ4v) is 3.17. The molecule has 1 aromatic carbocycles. The number of carboxylic acids is 1. The molecule has 0 amide bonds. The van der Waals surface area contributed by atoms with Crippen molar-refractivity contribution in [3.8, 4) is 10.6 Å². The summed E-state index contributed by atoms with van der Waals surface area (Å²) in [7, 11) is 0. The molecular weight excluding hydrogens is 314 g/mol. The molecule has 0 radical (unpaired) electrons. The van der Waals surface area contributed by atoms with Gasteiger partial charge in [-0.15, -0.1) is 11.3 Å². The molecule has 0 spiro atoms. The summed E-state index contributed by atoms with van der Waals surface area (Å²) in [6.07, 6.45) is 0.0382. The number of carboxylic acid groups (broad SMARTS) is 1. The number of carbonyl (C=O) groups is 1. The van der Waals surface area contributed by atoms with Gasteiger partial charge in [0.15, 0.2) is 0 Å². The maximum atomic E-state index is 10.8. The van der Waals surface area contributed by atoms with Crippen LogP contribution in [-0.2, 0) is 11.2 Å². The third-order valence-electron chi connectivity index (χ3n) is 2.63. The van der Waals surface area contributed by atoms with Crippen molar-refractivity contribution < 1.29 is 9.90 Å². The van der Waals surface area contributed by atoms with E-state index in [2.05, 4.69) is 20.9 Å². The lowest BCUT2D eigenvalue weighted by atomic mass is 10.1. The van der Waals surface area contributed by atoms with Gasteiger partial charge in [0, 0.05) is 14.9 Å². The van der Waals surface area contributed by atoms with Crippen molar-refractivity contribution >= 4 is 33.2 Å². The fraction of sp³-hybridized carbons (Fsp3) is 0.231. The van der Waals surface area contributed by atoms with E-state index in [0.29, 0.717) is 0 Å². The highest BCUT2D eigenvalue weighted by molar-refractivity contribution is 9.10. The minimum Gasteiger partial charge on any atom is -0.481 e. The monoisotopic (exact) mass is 325 g/mol. The summed E-state index contributed by atoms with van der Waals surface area (Å²) in [5.74, 6) is -0.820. The average Bonchev–Trinajstić information content (AvgIpc) is 2.63. The lowest BCUT2D eigenvalue weighted by Gasteiger charge is -2.02. The van der Waals surface area contributed by atoms with Gasteiger partial charge in [0.1, 0.15) is 5.01 Å². The highest BCUT2D eigenvalue weighted by Gasteiger charge is 2.13. The highest BCUT2D eigenvalue weighted by Crippen LogP contribution is 2.32. The van der Waals surface area contributed by atoms with E-state index in [0.717, 1.165) is 31.2 Å². The Hall–Kier alpha value is -1.20. The molecule has 18 heavy (non-hydrogen) atoms. The topological polar surface area (TPSA) is 50.2 Å². The minimum absolute atomic E-state index is 0.0382. The van der Waals surface area contributed by atoms with Crippen LogP contribution in [0.3, 0.4) is 0 Å². The van der Waals surface area contributed by atoms with E-state index < -0.39 is 5.97 Å². The molecule has 0 aliphatic rings.